The first kappa shape index (κ1) is 19.6. The van der Waals surface area contributed by atoms with Crippen LogP contribution >= 0.6 is 11.3 Å². The molecule has 152 valence electrons. The van der Waals surface area contributed by atoms with Gasteiger partial charge in [0.15, 0.2) is 0 Å². The Morgan fingerprint density at radius 2 is 2.00 bits per heavy atom. The molecule has 3 aromatic heterocycles. The smallest absolute Gasteiger partial charge is 0.307 e. The van der Waals surface area contributed by atoms with Crippen LogP contribution in [-0.4, -0.2) is 25.2 Å². The molecule has 0 saturated heterocycles. The quantitative estimate of drug-likeness (QED) is 0.358. The van der Waals surface area contributed by atoms with Crippen molar-refractivity contribution in [3.8, 4) is 5.69 Å². The number of hydrogen-bond donors (Lipinski definition) is 1. The number of carbonyl (C=O) groups excluding carboxylic acids is 1. The number of aromatic nitrogens is 3. The van der Waals surface area contributed by atoms with E-state index in [-0.39, 0.29) is 17.6 Å². The molecule has 1 unspecified atom stereocenters. The topological polar surface area (TPSA) is 95.0 Å². The predicted molar refractivity (Wildman–Crippen MR) is 114 cm³/mol. The van der Waals surface area contributed by atoms with E-state index in [2.05, 4.69) is 10.4 Å². The minimum Gasteiger partial charge on any atom is -0.345 e. The molecule has 0 spiro atoms. The Morgan fingerprint density at radius 1 is 1.27 bits per heavy atom. The summed E-state index contributed by atoms with van der Waals surface area (Å²) < 4.78 is 3.51. The van der Waals surface area contributed by atoms with Crippen LogP contribution < -0.4 is 5.32 Å². The number of nitrogens with one attached hydrogen (secondary N) is 1. The van der Waals surface area contributed by atoms with Crippen LogP contribution in [0.25, 0.3) is 5.69 Å². The lowest BCUT2D eigenvalue weighted by atomic mass is 10.1. The summed E-state index contributed by atoms with van der Waals surface area (Å²) in [6, 6.07) is 13.6. The Bertz CT molecular complexity index is 1160. The zero-order chi connectivity index (χ0) is 21.1. The molecule has 0 aliphatic heterocycles. The number of nitrogens with zero attached hydrogens (tertiary/aromatic N) is 4. The lowest BCUT2D eigenvalue weighted by Crippen LogP contribution is -2.25. The fourth-order valence-electron chi connectivity index (χ4n) is 3.09. The van der Waals surface area contributed by atoms with Gasteiger partial charge in [0.2, 0.25) is 0 Å². The van der Waals surface area contributed by atoms with Crippen LogP contribution in [0.1, 0.15) is 33.8 Å². The van der Waals surface area contributed by atoms with Crippen LogP contribution in [0.15, 0.2) is 72.6 Å². The summed E-state index contributed by atoms with van der Waals surface area (Å²) >= 11 is 1.34. The Kier molecular flexibility index (Phi) is 5.44. The third-order valence-electron chi connectivity index (χ3n) is 4.70. The van der Waals surface area contributed by atoms with Crippen molar-refractivity contribution in [2.45, 2.75) is 19.5 Å². The van der Waals surface area contributed by atoms with Crippen LogP contribution in [0.4, 0.5) is 5.69 Å². The average molecular weight is 421 g/mol. The Hall–Kier alpha value is -3.72. The fourth-order valence-corrected chi connectivity index (χ4v) is 3.90. The van der Waals surface area contributed by atoms with Gasteiger partial charge in [-0.3, -0.25) is 19.6 Å². The van der Waals surface area contributed by atoms with Gasteiger partial charge in [-0.1, -0.05) is 12.1 Å². The van der Waals surface area contributed by atoms with E-state index in [0.29, 0.717) is 11.4 Å². The van der Waals surface area contributed by atoms with Gasteiger partial charge in [-0.25, -0.2) is 0 Å². The molecule has 0 radical (unpaired) electrons. The third kappa shape index (κ3) is 4.31. The number of benzene rings is 1. The van der Waals surface area contributed by atoms with Gasteiger partial charge in [-0.15, -0.1) is 11.3 Å². The molecule has 1 N–H and O–H groups in total. The van der Waals surface area contributed by atoms with Crippen molar-refractivity contribution in [3.05, 3.63) is 98.8 Å². The summed E-state index contributed by atoms with van der Waals surface area (Å²) in [6.07, 6.45) is 6.55. The van der Waals surface area contributed by atoms with Crippen molar-refractivity contribution in [1.29, 1.82) is 0 Å². The molecule has 0 saturated carbocycles. The maximum atomic E-state index is 12.6. The molecule has 1 amide bonds. The van der Waals surface area contributed by atoms with Crippen molar-refractivity contribution in [1.82, 2.24) is 19.7 Å². The molecule has 0 bridgehead atoms. The summed E-state index contributed by atoms with van der Waals surface area (Å²) in [4.78, 5) is 23.5. The molecule has 4 rings (SSSR count). The van der Waals surface area contributed by atoms with E-state index in [0.717, 1.165) is 16.8 Å². The molecule has 9 heteroatoms. The number of rotatable bonds is 7. The second kappa shape index (κ2) is 8.34. The molecule has 4 aromatic rings. The second-order valence-corrected chi connectivity index (χ2v) is 7.76. The van der Waals surface area contributed by atoms with Crippen molar-refractivity contribution < 1.29 is 9.72 Å². The zero-order valence-electron chi connectivity index (χ0n) is 16.1. The molecule has 0 aliphatic rings. The average Bonchev–Trinajstić information content (AvgIpc) is 3.50. The van der Waals surface area contributed by atoms with Crippen LogP contribution in [0.3, 0.4) is 0 Å². The second-order valence-electron chi connectivity index (χ2n) is 6.85. The SMILES string of the molecule is CC(NC(=O)c1cc(Cn2cc([N+](=O)[O-])cn2)cs1)c1ccc(-n2cccc2)cc1. The maximum Gasteiger partial charge on any atom is 0.307 e. The van der Waals surface area contributed by atoms with Gasteiger partial charge in [-0.05, 0) is 53.8 Å². The van der Waals surface area contributed by atoms with Gasteiger partial charge in [0.25, 0.3) is 5.91 Å². The molecular weight excluding hydrogens is 402 g/mol. The van der Waals surface area contributed by atoms with Crippen LogP contribution in [0.2, 0.25) is 0 Å². The molecule has 3 heterocycles. The molecule has 8 nitrogen and oxygen atoms in total. The molecule has 0 fully saturated rings. The van der Waals surface area contributed by atoms with Crippen LogP contribution in [0, 0.1) is 10.1 Å². The number of nitro groups is 1. The van der Waals surface area contributed by atoms with Crippen molar-refractivity contribution in [3.63, 3.8) is 0 Å². The summed E-state index contributed by atoms with van der Waals surface area (Å²) in [5, 5.41) is 19.6. The summed E-state index contributed by atoms with van der Waals surface area (Å²) in [7, 11) is 0. The van der Waals surface area contributed by atoms with E-state index in [4.69, 9.17) is 0 Å². The lowest BCUT2D eigenvalue weighted by molar-refractivity contribution is -0.385. The Labute approximate surface area is 176 Å². The largest absolute Gasteiger partial charge is 0.345 e. The fraction of sp³-hybridized carbons (Fsp3) is 0.143. The maximum absolute atomic E-state index is 12.6. The molecule has 30 heavy (non-hydrogen) atoms. The normalized spacial score (nSPS) is 11.9. The van der Waals surface area contributed by atoms with E-state index in [1.807, 2.05) is 65.7 Å². The van der Waals surface area contributed by atoms with Gasteiger partial charge >= 0.3 is 5.69 Å². The number of thiophene rings is 1. The summed E-state index contributed by atoms with van der Waals surface area (Å²) in [5.74, 6) is -0.153. The van der Waals surface area contributed by atoms with Gasteiger partial charge in [0, 0.05) is 18.1 Å². The summed E-state index contributed by atoms with van der Waals surface area (Å²) in [5.41, 5.74) is 2.88. The van der Waals surface area contributed by atoms with Gasteiger partial charge in [0.05, 0.1) is 22.4 Å². The zero-order valence-corrected chi connectivity index (χ0v) is 17.0. The molecule has 1 atom stereocenters. The monoisotopic (exact) mass is 421 g/mol. The molecule has 1 aromatic carbocycles. The number of hydrogen-bond acceptors (Lipinski definition) is 5. The predicted octanol–water partition coefficient (Wildman–Crippen LogP) is 4.18. The van der Waals surface area contributed by atoms with Crippen LogP contribution in [0.5, 0.6) is 0 Å². The van der Waals surface area contributed by atoms with Crippen molar-refractivity contribution >= 4 is 22.9 Å². The third-order valence-corrected chi connectivity index (χ3v) is 5.67. The van der Waals surface area contributed by atoms with E-state index < -0.39 is 4.92 Å². The molecular formula is C21H19N5O3S. The highest BCUT2D eigenvalue weighted by Gasteiger charge is 2.15. The van der Waals surface area contributed by atoms with Gasteiger partial charge < -0.3 is 9.88 Å². The van der Waals surface area contributed by atoms with E-state index >= 15 is 0 Å². The van der Waals surface area contributed by atoms with E-state index in [9.17, 15) is 14.9 Å². The van der Waals surface area contributed by atoms with Crippen molar-refractivity contribution in [2.75, 3.05) is 0 Å². The summed E-state index contributed by atoms with van der Waals surface area (Å²) in [6.45, 7) is 2.31. The number of amides is 1. The van der Waals surface area contributed by atoms with Crippen LogP contribution in [-0.2, 0) is 6.54 Å². The Balaban J connectivity index is 1.38. The first-order valence-corrected chi connectivity index (χ1v) is 10.2. The number of carbonyl (C=O) groups is 1. The van der Waals surface area contributed by atoms with Gasteiger partial charge in [-0.2, -0.15) is 5.10 Å². The first-order chi connectivity index (χ1) is 14.5. The highest BCUT2D eigenvalue weighted by atomic mass is 32.1. The minimum absolute atomic E-state index is 0.0557. The Morgan fingerprint density at radius 3 is 2.67 bits per heavy atom. The van der Waals surface area contributed by atoms with Gasteiger partial charge in [0.1, 0.15) is 12.4 Å². The minimum atomic E-state index is -0.484. The van der Waals surface area contributed by atoms with Crippen molar-refractivity contribution in [2.24, 2.45) is 0 Å². The highest BCUT2D eigenvalue weighted by Crippen LogP contribution is 2.20. The highest BCUT2D eigenvalue weighted by molar-refractivity contribution is 7.12. The van der Waals surface area contributed by atoms with E-state index in [1.54, 1.807) is 6.07 Å². The first-order valence-electron chi connectivity index (χ1n) is 9.28. The standard InChI is InChI=1S/C21H19N5O3S/c1-15(17-4-6-18(7-5-17)24-8-2-3-9-24)23-21(27)20-10-16(14-30-20)12-25-13-19(11-22-25)26(28)29/h2-11,13-15H,12H2,1H3,(H,23,27). The lowest BCUT2D eigenvalue weighted by Gasteiger charge is -2.14. The molecule has 0 aliphatic carbocycles. The van der Waals surface area contributed by atoms with E-state index in [1.165, 1.54) is 28.4 Å².